The van der Waals surface area contributed by atoms with Gasteiger partial charge in [0.1, 0.15) is 0 Å². The molecular weight excluding hydrogens is 420 g/mol. The Balaban J connectivity index is 0.993. The molecule has 2 aromatic rings. The third-order valence-corrected chi connectivity index (χ3v) is 9.04. The highest BCUT2D eigenvalue weighted by molar-refractivity contribution is 6.05. The molecule has 4 bridgehead atoms. The Morgan fingerprint density at radius 1 is 0.912 bits per heavy atom. The van der Waals surface area contributed by atoms with Crippen molar-refractivity contribution in [3.63, 3.8) is 0 Å². The van der Waals surface area contributed by atoms with Gasteiger partial charge in [-0.1, -0.05) is 12.1 Å². The van der Waals surface area contributed by atoms with Gasteiger partial charge in [0, 0.05) is 36.9 Å². The lowest BCUT2D eigenvalue weighted by Crippen LogP contribution is -2.52. The minimum absolute atomic E-state index is 0.137. The van der Waals surface area contributed by atoms with Crippen LogP contribution in [0.15, 0.2) is 48.5 Å². The SMILES string of the molecule is Nc1ccccc1NC(=O)c1ccc(NC2CCN(CC34CC5CC(CC(C5)C3)C4)CC2)cc1. The van der Waals surface area contributed by atoms with Crippen molar-refractivity contribution < 1.29 is 4.79 Å². The highest BCUT2D eigenvalue weighted by atomic mass is 16.1. The van der Waals surface area contributed by atoms with Crippen molar-refractivity contribution in [2.75, 3.05) is 36.0 Å². The first kappa shape index (κ1) is 22.0. The van der Waals surface area contributed by atoms with Gasteiger partial charge in [-0.2, -0.15) is 0 Å². The molecule has 5 aliphatic rings. The van der Waals surface area contributed by atoms with Crippen molar-refractivity contribution in [2.24, 2.45) is 23.2 Å². The Morgan fingerprint density at radius 2 is 1.53 bits per heavy atom. The molecular formula is C29H38N4O. The van der Waals surface area contributed by atoms with Gasteiger partial charge >= 0.3 is 0 Å². The summed E-state index contributed by atoms with van der Waals surface area (Å²) >= 11 is 0. The molecule has 4 N–H and O–H groups in total. The second-order valence-electron chi connectivity index (χ2n) is 11.7. The van der Waals surface area contributed by atoms with Crippen molar-refractivity contribution in [3.8, 4) is 0 Å². The van der Waals surface area contributed by atoms with Gasteiger partial charge in [-0.25, -0.2) is 0 Å². The number of nitrogens with two attached hydrogens (primary N) is 1. The van der Waals surface area contributed by atoms with Crippen LogP contribution in [0.4, 0.5) is 17.1 Å². The third-order valence-electron chi connectivity index (χ3n) is 9.04. The topological polar surface area (TPSA) is 70.4 Å². The number of piperidine rings is 1. The molecule has 1 heterocycles. The van der Waals surface area contributed by atoms with E-state index in [-0.39, 0.29) is 5.91 Å². The van der Waals surface area contributed by atoms with E-state index in [1.807, 2.05) is 42.5 Å². The van der Waals surface area contributed by atoms with Crippen LogP contribution in [-0.4, -0.2) is 36.5 Å². The number of benzene rings is 2. The predicted octanol–water partition coefficient (Wildman–Crippen LogP) is 5.61. The minimum atomic E-state index is -0.137. The quantitative estimate of drug-likeness (QED) is 0.492. The van der Waals surface area contributed by atoms with E-state index in [4.69, 9.17) is 5.73 Å². The molecule has 5 heteroatoms. The van der Waals surface area contributed by atoms with Gasteiger partial charge in [0.05, 0.1) is 11.4 Å². The molecule has 7 rings (SSSR count). The lowest BCUT2D eigenvalue weighted by atomic mass is 9.49. The maximum absolute atomic E-state index is 12.6. The molecule has 1 amide bonds. The molecule has 2 aromatic carbocycles. The molecule has 0 spiro atoms. The van der Waals surface area contributed by atoms with E-state index in [0.29, 0.717) is 28.4 Å². The first-order valence-corrected chi connectivity index (χ1v) is 13.3. The van der Waals surface area contributed by atoms with Crippen LogP contribution in [0.25, 0.3) is 0 Å². The highest BCUT2D eigenvalue weighted by Gasteiger charge is 2.51. The molecule has 0 atom stereocenters. The Bertz CT molecular complexity index is 989. The first-order chi connectivity index (χ1) is 16.5. The van der Waals surface area contributed by atoms with Crippen LogP contribution < -0.4 is 16.4 Å². The van der Waals surface area contributed by atoms with Gasteiger partial charge in [-0.15, -0.1) is 0 Å². The molecule has 0 radical (unpaired) electrons. The average molecular weight is 459 g/mol. The minimum Gasteiger partial charge on any atom is -0.397 e. The van der Waals surface area contributed by atoms with Crippen LogP contribution in [0.5, 0.6) is 0 Å². The summed E-state index contributed by atoms with van der Waals surface area (Å²) in [6.07, 6.45) is 11.5. The van der Waals surface area contributed by atoms with Crippen LogP contribution >= 0.6 is 0 Å². The Labute approximate surface area is 203 Å². The van der Waals surface area contributed by atoms with E-state index in [1.165, 1.54) is 71.0 Å². The van der Waals surface area contributed by atoms with Crippen LogP contribution in [0, 0.1) is 23.2 Å². The monoisotopic (exact) mass is 458 g/mol. The fraction of sp³-hybridized carbons (Fsp3) is 0.552. The molecule has 0 unspecified atom stereocenters. The lowest BCUT2D eigenvalue weighted by molar-refractivity contribution is -0.0711. The number of para-hydroxylation sites is 2. The number of nitrogens with zero attached hydrogens (tertiary/aromatic N) is 1. The summed E-state index contributed by atoms with van der Waals surface area (Å²) in [7, 11) is 0. The molecule has 5 fully saturated rings. The van der Waals surface area contributed by atoms with Crippen LogP contribution in [0.1, 0.15) is 61.7 Å². The fourth-order valence-electron chi connectivity index (χ4n) is 7.95. The summed E-state index contributed by atoms with van der Waals surface area (Å²) in [6.45, 7) is 3.76. The predicted molar refractivity (Wildman–Crippen MR) is 139 cm³/mol. The molecule has 4 aliphatic carbocycles. The van der Waals surface area contributed by atoms with E-state index >= 15 is 0 Å². The van der Waals surface area contributed by atoms with Gasteiger partial charge in [0.15, 0.2) is 0 Å². The normalized spacial score (nSPS) is 30.9. The van der Waals surface area contributed by atoms with E-state index in [9.17, 15) is 4.79 Å². The average Bonchev–Trinajstić information content (AvgIpc) is 2.81. The van der Waals surface area contributed by atoms with Crippen LogP contribution in [0.3, 0.4) is 0 Å². The Hall–Kier alpha value is -2.53. The highest BCUT2D eigenvalue weighted by Crippen LogP contribution is 2.60. The fourth-order valence-corrected chi connectivity index (χ4v) is 7.95. The number of amides is 1. The zero-order valence-corrected chi connectivity index (χ0v) is 20.1. The molecule has 5 nitrogen and oxygen atoms in total. The first-order valence-electron chi connectivity index (χ1n) is 13.3. The Kier molecular flexibility index (Phi) is 5.76. The molecule has 1 aliphatic heterocycles. The Morgan fingerprint density at radius 3 is 2.15 bits per heavy atom. The van der Waals surface area contributed by atoms with Gasteiger partial charge < -0.3 is 21.3 Å². The number of hydrogen-bond donors (Lipinski definition) is 3. The summed E-state index contributed by atoms with van der Waals surface area (Å²) in [4.78, 5) is 15.3. The maximum Gasteiger partial charge on any atom is 0.255 e. The van der Waals surface area contributed by atoms with Crippen molar-refractivity contribution in [1.82, 2.24) is 4.90 Å². The molecule has 0 aromatic heterocycles. The molecule has 1 saturated heterocycles. The molecule has 4 saturated carbocycles. The van der Waals surface area contributed by atoms with Crippen molar-refractivity contribution in [2.45, 2.75) is 57.4 Å². The van der Waals surface area contributed by atoms with Crippen LogP contribution in [0.2, 0.25) is 0 Å². The summed E-state index contributed by atoms with van der Waals surface area (Å²) in [6, 6.07) is 15.7. The van der Waals surface area contributed by atoms with Crippen molar-refractivity contribution >= 4 is 23.0 Å². The number of nitrogens with one attached hydrogen (secondary N) is 2. The second kappa shape index (κ2) is 8.92. The number of carbonyl (C=O) groups is 1. The summed E-state index contributed by atoms with van der Waals surface area (Å²) < 4.78 is 0. The second-order valence-corrected chi connectivity index (χ2v) is 11.7. The number of hydrogen-bond acceptors (Lipinski definition) is 4. The zero-order valence-electron chi connectivity index (χ0n) is 20.1. The number of carbonyl (C=O) groups excluding carboxylic acids is 1. The number of anilines is 3. The van der Waals surface area contributed by atoms with Crippen molar-refractivity contribution in [3.05, 3.63) is 54.1 Å². The van der Waals surface area contributed by atoms with Gasteiger partial charge in [0.2, 0.25) is 0 Å². The number of rotatable bonds is 6. The van der Waals surface area contributed by atoms with Gasteiger partial charge in [-0.3, -0.25) is 4.79 Å². The number of nitrogen functional groups attached to an aromatic ring is 1. The number of likely N-dealkylation sites (tertiary alicyclic amines) is 1. The van der Waals surface area contributed by atoms with Gasteiger partial charge in [-0.05, 0) is 111 Å². The van der Waals surface area contributed by atoms with E-state index in [0.717, 1.165) is 23.4 Å². The largest absolute Gasteiger partial charge is 0.397 e. The van der Waals surface area contributed by atoms with E-state index < -0.39 is 0 Å². The molecule has 34 heavy (non-hydrogen) atoms. The smallest absolute Gasteiger partial charge is 0.255 e. The summed E-state index contributed by atoms with van der Waals surface area (Å²) in [5, 5.41) is 6.60. The maximum atomic E-state index is 12.6. The van der Waals surface area contributed by atoms with Gasteiger partial charge in [0.25, 0.3) is 5.91 Å². The third kappa shape index (κ3) is 4.55. The summed E-state index contributed by atoms with van der Waals surface area (Å²) in [5.74, 6) is 2.99. The van der Waals surface area contributed by atoms with Crippen molar-refractivity contribution in [1.29, 1.82) is 0 Å². The van der Waals surface area contributed by atoms with E-state index in [2.05, 4.69) is 15.5 Å². The summed E-state index contributed by atoms with van der Waals surface area (Å²) in [5.41, 5.74) is 9.54. The lowest BCUT2D eigenvalue weighted by Gasteiger charge is -2.58. The van der Waals surface area contributed by atoms with Crippen LogP contribution in [-0.2, 0) is 0 Å². The van der Waals surface area contributed by atoms with E-state index in [1.54, 1.807) is 6.07 Å². The zero-order chi connectivity index (χ0) is 23.1. The standard InChI is InChI=1S/C29H38N4O/c30-26-3-1-2-4-27(26)32-28(34)23-5-7-24(8-6-23)31-25-9-11-33(12-10-25)19-29-16-20-13-21(17-29)15-22(14-20)18-29/h1-8,20-22,25,31H,9-19,30H2,(H,32,34). The molecule has 180 valence electrons.